The molecule has 0 aromatic heterocycles. The van der Waals surface area contributed by atoms with Gasteiger partial charge in [-0.1, -0.05) is 35.9 Å². The van der Waals surface area contributed by atoms with E-state index in [1.165, 1.54) is 5.56 Å². The summed E-state index contributed by atoms with van der Waals surface area (Å²) in [4.78, 5) is 15.3. The molecule has 0 saturated heterocycles. The Labute approximate surface area is 191 Å². The van der Waals surface area contributed by atoms with Crippen molar-refractivity contribution >= 4 is 23.5 Å². The van der Waals surface area contributed by atoms with Crippen molar-refractivity contribution in [2.24, 2.45) is 0 Å². The first-order valence-corrected chi connectivity index (χ1v) is 10.7. The fourth-order valence-corrected chi connectivity index (χ4v) is 4.33. The van der Waals surface area contributed by atoms with Gasteiger partial charge >= 0.3 is 0 Å². The number of benzene rings is 3. The maximum Gasteiger partial charge on any atom is 0.231 e. The smallest absolute Gasteiger partial charge is 0.231 e. The van der Waals surface area contributed by atoms with Crippen LogP contribution in [0.25, 0.3) is 6.08 Å². The van der Waals surface area contributed by atoms with Crippen molar-refractivity contribution in [3.8, 4) is 17.2 Å². The molecule has 0 N–H and O–H groups in total. The highest BCUT2D eigenvalue weighted by Crippen LogP contribution is 2.43. The van der Waals surface area contributed by atoms with Gasteiger partial charge in [-0.15, -0.1) is 0 Å². The molecule has 5 rings (SSSR count). The Morgan fingerprint density at radius 3 is 2.69 bits per heavy atom. The summed E-state index contributed by atoms with van der Waals surface area (Å²) < 4.78 is 17.3. The molecule has 0 bridgehead atoms. The van der Waals surface area contributed by atoms with E-state index < -0.39 is 0 Å². The van der Waals surface area contributed by atoms with Crippen LogP contribution in [-0.4, -0.2) is 24.5 Å². The van der Waals surface area contributed by atoms with E-state index in [9.17, 15) is 4.79 Å². The van der Waals surface area contributed by atoms with E-state index in [4.69, 9.17) is 25.8 Å². The topological polar surface area (TPSA) is 48.0 Å². The molecule has 6 heteroatoms. The average Bonchev–Trinajstić information content (AvgIpc) is 3.10. The average molecular weight is 448 g/mol. The highest BCUT2D eigenvalue weighted by Gasteiger charge is 2.33. The Morgan fingerprint density at radius 1 is 1.12 bits per heavy atom. The van der Waals surface area contributed by atoms with Crippen LogP contribution in [0.4, 0.5) is 0 Å². The molecular formula is C26H22ClNO4. The predicted octanol–water partition coefficient (Wildman–Crippen LogP) is 5.63. The molecule has 0 amide bonds. The molecule has 3 aromatic rings. The number of methoxy groups -OCH3 is 1. The number of hydrogen-bond donors (Lipinski definition) is 0. The van der Waals surface area contributed by atoms with Crippen LogP contribution in [0.15, 0.2) is 60.4 Å². The van der Waals surface area contributed by atoms with Gasteiger partial charge in [0.25, 0.3) is 0 Å². The van der Waals surface area contributed by atoms with Crippen molar-refractivity contribution in [2.45, 2.75) is 20.0 Å². The van der Waals surface area contributed by atoms with Crippen molar-refractivity contribution in [2.75, 3.05) is 13.8 Å². The van der Waals surface area contributed by atoms with E-state index in [1.54, 1.807) is 25.3 Å². The minimum Gasteiger partial charge on any atom is -0.497 e. The molecule has 162 valence electrons. The van der Waals surface area contributed by atoms with Crippen molar-refractivity contribution < 1.29 is 19.0 Å². The third-order valence-electron chi connectivity index (χ3n) is 5.71. The van der Waals surface area contributed by atoms with Crippen molar-refractivity contribution in [1.82, 2.24) is 4.90 Å². The number of ether oxygens (including phenoxy) is 3. The van der Waals surface area contributed by atoms with Crippen molar-refractivity contribution in [1.29, 1.82) is 0 Å². The van der Waals surface area contributed by atoms with Crippen molar-refractivity contribution in [3.05, 3.63) is 93.2 Å². The first-order valence-electron chi connectivity index (χ1n) is 10.4. The zero-order chi connectivity index (χ0) is 22.2. The van der Waals surface area contributed by atoms with Gasteiger partial charge in [-0.2, -0.15) is 0 Å². The molecule has 0 atom stereocenters. The largest absolute Gasteiger partial charge is 0.497 e. The van der Waals surface area contributed by atoms with Crippen LogP contribution in [-0.2, 0) is 13.1 Å². The number of halogens is 1. The summed E-state index contributed by atoms with van der Waals surface area (Å²) in [5.74, 6) is 2.37. The van der Waals surface area contributed by atoms with Crippen LogP contribution in [0.1, 0.15) is 32.6 Å². The summed E-state index contributed by atoms with van der Waals surface area (Å²) >= 11 is 6.07. The van der Waals surface area contributed by atoms with E-state index >= 15 is 0 Å². The second-order valence-electron chi connectivity index (χ2n) is 7.97. The fraction of sp³-hybridized carbons (Fsp3) is 0.192. The Balaban J connectivity index is 1.39. The normalized spacial score (nSPS) is 16.3. The van der Waals surface area contributed by atoms with E-state index in [0.717, 1.165) is 34.7 Å². The van der Waals surface area contributed by atoms with E-state index in [-0.39, 0.29) is 5.78 Å². The summed E-state index contributed by atoms with van der Waals surface area (Å²) in [5, 5.41) is 0.610. The number of carbonyl (C=O) groups is 1. The minimum atomic E-state index is -0.127. The Morgan fingerprint density at radius 2 is 1.94 bits per heavy atom. The molecule has 0 aliphatic carbocycles. The number of nitrogens with zero attached hydrogens (tertiary/aromatic N) is 1. The van der Waals surface area contributed by atoms with Crippen LogP contribution in [0.2, 0.25) is 5.02 Å². The van der Waals surface area contributed by atoms with Gasteiger partial charge in [-0.25, -0.2) is 0 Å². The van der Waals surface area contributed by atoms with Crippen LogP contribution in [0.3, 0.4) is 0 Å². The lowest BCUT2D eigenvalue weighted by atomic mass is 10.00. The zero-order valence-electron chi connectivity index (χ0n) is 17.9. The molecule has 0 fully saturated rings. The summed E-state index contributed by atoms with van der Waals surface area (Å²) in [6.07, 6.45) is 1.73. The number of hydrogen-bond acceptors (Lipinski definition) is 5. The summed E-state index contributed by atoms with van der Waals surface area (Å²) in [6.45, 7) is 3.84. The van der Waals surface area contributed by atoms with Crippen LogP contribution < -0.4 is 14.2 Å². The second-order valence-corrected chi connectivity index (χ2v) is 8.41. The van der Waals surface area contributed by atoms with Crippen LogP contribution in [0, 0.1) is 6.92 Å². The number of rotatable bonds is 4. The SMILES string of the molecule is COc1ccc(CN2COc3c(cc4c(c3C)O/C(=C\c3cccc(Cl)c3)C4=O)C2)cc1. The Kier molecular flexibility index (Phi) is 5.37. The molecule has 5 nitrogen and oxygen atoms in total. The van der Waals surface area contributed by atoms with E-state index in [0.29, 0.717) is 35.4 Å². The van der Waals surface area contributed by atoms with E-state index in [1.807, 2.05) is 49.4 Å². The van der Waals surface area contributed by atoms with Crippen LogP contribution in [0.5, 0.6) is 17.2 Å². The van der Waals surface area contributed by atoms with Crippen molar-refractivity contribution in [3.63, 3.8) is 0 Å². The van der Waals surface area contributed by atoms with Gasteiger partial charge in [0.2, 0.25) is 5.78 Å². The molecule has 0 unspecified atom stereocenters. The molecule has 2 aliphatic rings. The van der Waals surface area contributed by atoms with Gasteiger partial charge in [0.1, 0.15) is 24.0 Å². The molecule has 2 heterocycles. The molecular weight excluding hydrogens is 426 g/mol. The standard InChI is InChI=1S/C26H22ClNO4/c1-16-25-19(14-28(15-31-25)13-17-6-8-21(30-2)9-7-17)12-22-24(29)23(32-26(16)22)11-18-4-3-5-20(27)10-18/h3-12H,13-15H2,1-2H3/b23-11-. The molecule has 2 aliphatic heterocycles. The predicted molar refractivity (Wildman–Crippen MR) is 123 cm³/mol. The highest BCUT2D eigenvalue weighted by atomic mass is 35.5. The highest BCUT2D eigenvalue weighted by molar-refractivity contribution is 6.30. The summed E-state index contributed by atoms with van der Waals surface area (Å²) in [6, 6.07) is 17.2. The van der Waals surface area contributed by atoms with Gasteiger partial charge in [0.15, 0.2) is 5.76 Å². The zero-order valence-corrected chi connectivity index (χ0v) is 18.6. The maximum absolute atomic E-state index is 13.1. The summed E-state index contributed by atoms with van der Waals surface area (Å²) in [7, 11) is 1.66. The lowest BCUT2D eigenvalue weighted by Gasteiger charge is -2.30. The number of ketones is 1. The number of fused-ring (bicyclic) bond motifs is 2. The second kappa shape index (κ2) is 8.34. The maximum atomic E-state index is 13.1. The lowest BCUT2D eigenvalue weighted by molar-refractivity contribution is 0.0876. The van der Waals surface area contributed by atoms with Gasteiger partial charge in [-0.05, 0) is 54.5 Å². The number of carbonyl (C=O) groups excluding carboxylic acids is 1. The molecule has 0 spiro atoms. The Bertz CT molecular complexity index is 1230. The first kappa shape index (κ1) is 20.6. The van der Waals surface area contributed by atoms with Gasteiger partial charge in [-0.3, -0.25) is 9.69 Å². The summed E-state index contributed by atoms with van der Waals surface area (Å²) in [5.41, 5.74) is 4.40. The molecule has 3 aromatic carbocycles. The number of allylic oxidation sites excluding steroid dienone is 1. The number of Topliss-reactive ketones (excluding diaryl/α,β-unsaturated/α-hetero) is 1. The van der Waals surface area contributed by atoms with E-state index in [2.05, 4.69) is 4.90 Å². The molecule has 32 heavy (non-hydrogen) atoms. The third kappa shape index (κ3) is 3.85. The van der Waals surface area contributed by atoms with Gasteiger partial charge in [0.05, 0.1) is 12.7 Å². The molecule has 0 saturated carbocycles. The third-order valence-corrected chi connectivity index (χ3v) is 5.95. The first-order chi connectivity index (χ1) is 15.5. The minimum absolute atomic E-state index is 0.127. The quantitative estimate of drug-likeness (QED) is 0.485. The Hall–Kier alpha value is -3.28. The van der Waals surface area contributed by atoms with Crippen LogP contribution >= 0.6 is 11.6 Å². The van der Waals surface area contributed by atoms with Gasteiger partial charge < -0.3 is 14.2 Å². The lowest BCUT2D eigenvalue weighted by Crippen LogP contribution is -2.32. The fourth-order valence-electron chi connectivity index (χ4n) is 4.13. The molecule has 0 radical (unpaired) electrons. The monoisotopic (exact) mass is 447 g/mol. The van der Waals surface area contributed by atoms with Gasteiger partial charge in [0, 0.05) is 29.2 Å².